The fourth-order valence-electron chi connectivity index (χ4n) is 9.98. The highest BCUT2D eigenvalue weighted by molar-refractivity contribution is 6.12. The van der Waals surface area contributed by atoms with E-state index in [0.29, 0.717) is 0 Å². The van der Waals surface area contributed by atoms with Crippen LogP contribution in [0.15, 0.2) is 188 Å². The molecular weight excluding hydrogens is 711 g/mol. The maximum atomic E-state index is 4.18. The molecule has 0 saturated heterocycles. The molecule has 286 valence electrons. The Morgan fingerprint density at radius 2 is 1.32 bits per heavy atom. The van der Waals surface area contributed by atoms with Crippen LogP contribution < -0.4 is 0 Å². The van der Waals surface area contributed by atoms with Crippen LogP contribution in [-0.2, 0) is 12.8 Å². The third-order valence-electron chi connectivity index (χ3n) is 12.7. The molecular formula is C58H49N. The molecule has 3 aliphatic carbocycles. The first-order valence-electron chi connectivity index (χ1n) is 21.3. The van der Waals surface area contributed by atoms with Crippen molar-refractivity contribution in [3.63, 3.8) is 0 Å². The number of fused-ring (bicyclic) bond motifs is 6. The lowest BCUT2D eigenvalue weighted by Crippen LogP contribution is -1.95. The Morgan fingerprint density at radius 1 is 0.678 bits per heavy atom. The Bertz CT molecular complexity index is 3040. The molecule has 0 N–H and O–H groups in total. The van der Waals surface area contributed by atoms with Gasteiger partial charge in [-0.2, -0.15) is 0 Å². The molecule has 59 heavy (non-hydrogen) atoms. The van der Waals surface area contributed by atoms with E-state index >= 15 is 0 Å². The van der Waals surface area contributed by atoms with E-state index in [9.17, 15) is 0 Å². The number of hydrogen-bond acceptors (Lipinski definition) is 0. The Morgan fingerprint density at radius 3 is 2.02 bits per heavy atom. The number of aromatic nitrogens is 1. The van der Waals surface area contributed by atoms with Gasteiger partial charge in [0.05, 0.1) is 11.0 Å². The Balaban J connectivity index is 1.11. The van der Waals surface area contributed by atoms with Gasteiger partial charge in [0, 0.05) is 16.5 Å². The zero-order chi connectivity index (χ0) is 40.0. The predicted octanol–water partition coefficient (Wildman–Crippen LogP) is 15.9. The second kappa shape index (κ2) is 15.2. The first kappa shape index (κ1) is 36.6. The molecule has 0 saturated carbocycles. The lowest BCUT2D eigenvalue weighted by molar-refractivity contribution is 0.884. The van der Waals surface area contributed by atoms with Gasteiger partial charge in [0.1, 0.15) is 0 Å². The third kappa shape index (κ3) is 6.43. The number of benzene rings is 6. The van der Waals surface area contributed by atoms with E-state index in [-0.39, 0.29) is 0 Å². The van der Waals surface area contributed by atoms with Gasteiger partial charge in [0.25, 0.3) is 0 Å². The Labute approximate surface area is 349 Å². The second-order valence-electron chi connectivity index (χ2n) is 16.3. The predicted molar refractivity (Wildman–Crippen MR) is 255 cm³/mol. The van der Waals surface area contributed by atoms with Crippen LogP contribution in [-0.4, -0.2) is 4.57 Å². The molecule has 0 bridgehead atoms. The molecule has 3 aliphatic rings. The summed E-state index contributed by atoms with van der Waals surface area (Å²) in [4.78, 5) is 0. The van der Waals surface area contributed by atoms with Crippen molar-refractivity contribution in [2.45, 2.75) is 52.4 Å². The SMILES string of the molecule is C=C/C=C(\C=C/C)c1cccc(-c2cccc(-n3c4ccc(-c5ccc6c(c5)CC(CCC)=C6C=C)cc4c4cc(-c5ccc6c(c5)CC5=C6C=CCC5)ccc43)c2)c1. The van der Waals surface area contributed by atoms with Gasteiger partial charge in [-0.25, -0.2) is 0 Å². The van der Waals surface area contributed by atoms with Crippen LogP contribution in [0.5, 0.6) is 0 Å². The largest absolute Gasteiger partial charge is 0.309 e. The molecule has 0 fully saturated rings. The fraction of sp³-hybridized carbons (Fsp3) is 0.138. The van der Waals surface area contributed by atoms with E-state index in [1.54, 1.807) is 5.57 Å². The smallest absolute Gasteiger partial charge is 0.0541 e. The zero-order valence-electron chi connectivity index (χ0n) is 34.2. The number of hydrogen-bond donors (Lipinski definition) is 0. The van der Waals surface area contributed by atoms with Crippen LogP contribution in [0, 0.1) is 0 Å². The van der Waals surface area contributed by atoms with Crippen LogP contribution >= 0.6 is 0 Å². The maximum absolute atomic E-state index is 4.18. The summed E-state index contributed by atoms with van der Waals surface area (Å²) in [5.41, 5.74) is 24.8. The van der Waals surface area contributed by atoms with Crippen molar-refractivity contribution >= 4 is 38.5 Å². The topological polar surface area (TPSA) is 4.93 Å². The number of nitrogens with zero attached hydrogens (tertiary/aromatic N) is 1. The van der Waals surface area contributed by atoms with Gasteiger partial charge in [-0.1, -0.05) is 159 Å². The molecule has 1 nitrogen and oxygen atoms in total. The highest BCUT2D eigenvalue weighted by Gasteiger charge is 2.23. The molecule has 7 aromatic rings. The van der Waals surface area contributed by atoms with E-state index in [2.05, 4.69) is 189 Å². The van der Waals surface area contributed by atoms with Crippen molar-refractivity contribution < 1.29 is 0 Å². The summed E-state index contributed by atoms with van der Waals surface area (Å²) in [5.74, 6) is 0. The second-order valence-corrected chi connectivity index (χ2v) is 16.3. The lowest BCUT2D eigenvalue weighted by atomic mass is 9.95. The minimum atomic E-state index is 1.01. The fourth-order valence-corrected chi connectivity index (χ4v) is 9.98. The Kier molecular flexibility index (Phi) is 9.46. The zero-order valence-corrected chi connectivity index (χ0v) is 34.2. The van der Waals surface area contributed by atoms with Gasteiger partial charge in [-0.3, -0.25) is 0 Å². The van der Waals surface area contributed by atoms with Crippen LogP contribution in [0.1, 0.15) is 67.3 Å². The van der Waals surface area contributed by atoms with Crippen molar-refractivity contribution in [3.8, 4) is 39.1 Å². The number of rotatable bonds is 10. The molecule has 0 aliphatic heterocycles. The summed E-state index contributed by atoms with van der Waals surface area (Å²) < 4.78 is 2.46. The van der Waals surface area contributed by atoms with Crippen LogP contribution in [0.2, 0.25) is 0 Å². The van der Waals surface area contributed by atoms with Gasteiger partial charge in [0.2, 0.25) is 0 Å². The third-order valence-corrected chi connectivity index (χ3v) is 12.7. The molecule has 1 aromatic heterocycles. The lowest BCUT2D eigenvalue weighted by Gasteiger charge is -2.12. The van der Waals surface area contributed by atoms with Gasteiger partial charge in [-0.05, 0) is 159 Å². The average Bonchev–Trinajstić information content (AvgIpc) is 3.94. The monoisotopic (exact) mass is 759 g/mol. The summed E-state index contributed by atoms with van der Waals surface area (Å²) in [6.45, 7) is 12.5. The maximum Gasteiger partial charge on any atom is 0.0541 e. The van der Waals surface area contributed by atoms with E-state index in [1.165, 1.54) is 106 Å². The van der Waals surface area contributed by atoms with Gasteiger partial charge < -0.3 is 4.57 Å². The van der Waals surface area contributed by atoms with Crippen LogP contribution in [0.4, 0.5) is 0 Å². The summed E-state index contributed by atoms with van der Waals surface area (Å²) in [5, 5.41) is 2.53. The van der Waals surface area contributed by atoms with Crippen molar-refractivity contribution in [1.29, 1.82) is 0 Å². The molecule has 1 heteroatoms. The van der Waals surface area contributed by atoms with Crippen LogP contribution in [0.25, 0.3) is 77.6 Å². The first-order valence-corrected chi connectivity index (χ1v) is 21.3. The molecule has 0 radical (unpaired) electrons. The van der Waals surface area contributed by atoms with Gasteiger partial charge in [-0.15, -0.1) is 0 Å². The normalized spacial score (nSPS) is 14.8. The van der Waals surface area contributed by atoms with E-state index < -0.39 is 0 Å². The Hall–Kier alpha value is -6.70. The van der Waals surface area contributed by atoms with E-state index in [0.717, 1.165) is 43.4 Å². The standard InChI is InChI=1S/C58H49N/c1-5-13-38(14-6-2)39-17-11-18-40(30-39)41-19-12-20-50(35-41)59-57-28-24-44(42-22-26-53-48(31-42)33-46(15-7-3)51(53)8-4)36-55(57)56-37-45(25-29-58(56)59)43-23-27-54-49(32-43)34-47-16-9-10-21-52(47)54/h5-6,8,10-14,17-32,35-37H,1,4,7,9,15-16,33-34H2,2-3H3/b14-6-,38-13+. The van der Waals surface area contributed by atoms with Gasteiger partial charge in [0.15, 0.2) is 0 Å². The molecule has 10 rings (SSSR count). The minimum Gasteiger partial charge on any atom is -0.309 e. The molecule has 0 spiro atoms. The van der Waals surface area contributed by atoms with Crippen molar-refractivity contribution in [2.24, 2.45) is 0 Å². The molecule has 0 atom stereocenters. The molecule has 1 heterocycles. The molecule has 0 amide bonds. The number of allylic oxidation sites excluding steroid dienone is 12. The van der Waals surface area contributed by atoms with E-state index in [4.69, 9.17) is 0 Å². The molecule has 0 unspecified atom stereocenters. The summed E-state index contributed by atoms with van der Waals surface area (Å²) in [6.07, 6.45) is 21.6. The minimum absolute atomic E-state index is 1.01. The highest BCUT2D eigenvalue weighted by Crippen LogP contribution is 2.43. The van der Waals surface area contributed by atoms with E-state index in [1.807, 2.05) is 6.08 Å². The highest BCUT2D eigenvalue weighted by atomic mass is 15.0. The van der Waals surface area contributed by atoms with Crippen LogP contribution in [0.3, 0.4) is 0 Å². The summed E-state index contributed by atoms with van der Waals surface area (Å²) in [6, 6.07) is 46.2. The van der Waals surface area contributed by atoms with Crippen molar-refractivity contribution in [3.05, 3.63) is 216 Å². The van der Waals surface area contributed by atoms with Gasteiger partial charge >= 0.3 is 0 Å². The summed E-state index contributed by atoms with van der Waals surface area (Å²) >= 11 is 0. The first-order chi connectivity index (χ1) is 29.0. The summed E-state index contributed by atoms with van der Waals surface area (Å²) in [7, 11) is 0. The average molecular weight is 760 g/mol. The van der Waals surface area contributed by atoms with Crippen molar-refractivity contribution in [2.75, 3.05) is 0 Å². The quantitative estimate of drug-likeness (QED) is 0.122. The van der Waals surface area contributed by atoms with Crippen molar-refractivity contribution in [1.82, 2.24) is 4.57 Å². The molecule has 6 aromatic carbocycles.